The van der Waals surface area contributed by atoms with Crippen LogP contribution >= 0.6 is 0 Å². The third-order valence-corrected chi connectivity index (χ3v) is 8.15. The maximum absolute atomic E-state index is 13.8. The van der Waals surface area contributed by atoms with E-state index in [1.165, 1.54) is 33.2 Å². The second kappa shape index (κ2) is 11.1. The van der Waals surface area contributed by atoms with E-state index in [1.807, 2.05) is 0 Å². The zero-order valence-corrected chi connectivity index (χ0v) is 21.9. The third kappa shape index (κ3) is 5.97. The minimum Gasteiger partial charge on any atom is -0.496 e. The Balaban J connectivity index is 2.18. The SMILES string of the molecule is C=N/C(C)=C\C(=C(/C)N(C)C(=O)c1cc(C(F)(F)F)cc(S(=O)(=O)C2COC2)c1)c1ccc(F)cc1OC. The van der Waals surface area contributed by atoms with Gasteiger partial charge in [-0.1, -0.05) is 0 Å². The Morgan fingerprint density at radius 3 is 2.37 bits per heavy atom. The standard InChI is InChI=1S/C26H26F4N2O5S/c1-15(31-3)8-23(22-7-6-19(27)12-24(22)36-5)16(2)32(4)25(33)17-9-18(26(28,29)30)11-20(10-17)38(34,35)21-13-37-14-21/h6-12,21H,3,13-14H2,1-2,4-5H3/b15-8-,23-16-. The lowest BCUT2D eigenvalue weighted by atomic mass is 10.0. The van der Waals surface area contributed by atoms with E-state index in [-0.39, 0.29) is 24.7 Å². The van der Waals surface area contributed by atoms with Crippen LogP contribution in [0.5, 0.6) is 5.75 Å². The average Bonchev–Trinajstić information content (AvgIpc) is 2.83. The molecule has 3 rings (SSSR count). The van der Waals surface area contributed by atoms with Crippen LogP contribution in [0.3, 0.4) is 0 Å². The first-order chi connectivity index (χ1) is 17.7. The molecule has 1 heterocycles. The molecular weight excluding hydrogens is 528 g/mol. The molecule has 0 saturated carbocycles. The number of benzene rings is 2. The second-order valence-corrected chi connectivity index (χ2v) is 10.8. The van der Waals surface area contributed by atoms with Crippen molar-refractivity contribution in [3.05, 3.63) is 76.4 Å². The highest BCUT2D eigenvalue weighted by atomic mass is 32.2. The number of hydrogen-bond donors (Lipinski definition) is 0. The predicted octanol–water partition coefficient (Wildman–Crippen LogP) is 5.13. The van der Waals surface area contributed by atoms with Crippen molar-refractivity contribution in [2.75, 3.05) is 27.4 Å². The van der Waals surface area contributed by atoms with Gasteiger partial charge in [0.25, 0.3) is 5.91 Å². The minimum atomic E-state index is -4.90. The summed E-state index contributed by atoms with van der Waals surface area (Å²) in [6.45, 7) is 6.33. The highest BCUT2D eigenvalue weighted by molar-refractivity contribution is 7.92. The Bertz CT molecular complexity index is 1430. The highest BCUT2D eigenvalue weighted by Crippen LogP contribution is 2.35. The quantitative estimate of drug-likeness (QED) is 0.257. The summed E-state index contributed by atoms with van der Waals surface area (Å²) in [5.41, 5.74) is -0.336. The van der Waals surface area contributed by atoms with Crippen LogP contribution in [0.25, 0.3) is 5.57 Å². The molecule has 1 fully saturated rings. The van der Waals surface area contributed by atoms with Gasteiger partial charge >= 0.3 is 6.18 Å². The molecule has 1 saturated heterocycles. The normalized spacial score (nSPS) is 15.4. The molecular formula is C26H26F4N2O5S. The lowest BCUT2D eigenvalue weighted by molar-refractivity contribution is -0.137. The Morgan fingerprint density at radius 2 is 1.84 bits per heavy atom. The van der Waals surface area contributed by atoms with Crippen LogP contribution in [0.2, 0.25) is 0 Å². The smallest absolute Gasteiger partial charge is 0.416 e. The zero-order chi connectivity index (χ0) is 28.4. The monoisotopic (exact) mass is 554 g/mol. The molecule has 2 aromatic rings. The van der Waals surface area contributed by atoms with E-state index in [9.17, 15) is 30.8 Å². The van der Waals surface area contributed by atoms with Crippen molar-refractivity contribution in [1.29, 1.82) is 0 Å². The molecule has 7 nitrogen and oxygen atoms in total. The number of aliphatic imine (C=N–C) groups is 1. The van der Waals surface area contributed by atoms with Gasteiger partial charge in [-0.2, -0.15) is 13.2 Å². The van der Waals surface area contributed by atoms with Crippen LogP contribution in [-0.4, -0.2) is 58.6 Å². The number of nitrogens with zero attached hydrogens (tertiary/aromatic N) is 2. The number of methoxy groups -OCH3 is 1. The van der Waals surface area contributed by atoms with Gasteiger partial charge in [-0.15, -0.1) is 0 Å². The van der Waals surface area contributed by atoms with E-state index in [4.69, 9.17) is 9.47 Å². The van der Waals surface area contributed by atoms with Gasteiger partial charge < -0.3 is 14.4 Å². The topological polar surface area (TPSA) is 85.3 Å². The number of allylic oxidation sites excluding steroid dienone is 4. The lowest BCUT2D eigenvalue weighted by Crippen LogP contribution is -2.40. The van der Waals surface area contributed by atoms with Crippen molar-refractivity contribution in [1.82, 2.24) is 4.90 Å². The van der Waals surface area contributed by atoms with E-state index >= 15 is 0 Å². The summed E-state index contributed by atoms with van der Waals surface area (Å²) < 4.78 is 90.8. The summed E-state index contributed by atoms with van der Waals surface area (Å²) >= 11 is 0. The van der Waals surface area contributed by atoms with Gasteiger partial charge in [0.1, 0.15) is 16.8 Å². The fourth-order valence-corrected chi connectivity index (χ4v) is 5.20. The molecule has 0 aliphatic carbocycles. The fraction of sp³-hybridized carbons (Fsp3) is 0.308. The molecule has 1 aliphatic rings. The van der Waals surface area contributed by atoms with Crippen LogP contribution in [0, 0.1) is 5.82 Å². The van der Waals surface area contributed by atoms with E-state index < -0.39 is 49.0 Å². The summed E-state index contributed by atoms with van der Waals surface area (Å²) in [5, 5.41) is -0.995. The molecule has 1 amide bonds. The molecule has 0 atom stereocenters. The molecule has 12 heteroatoms. The van der Waals surface area contributed by atoms with Crippen molar-refractivity contribution in [2.45, 2.75) is 30.2 Å². The van der Waals surface area contributed by atoms with E-state index in [0.29, 0.717) is 29.0 Å². The van der Waals surface area contributed by atoms with Crippen LogP contribution in [0.15, 0.2) is 63.8 Å². The number of carbonyl (C=O) groups excluding carboxylic acids is 1. The van der Waals surface area contributed by atoms with Gasteiger partial charge in [0.2, 0.25) is 0 Å². The van der Waals surface area contributed by atoms with Crippen molar-refractivity contribution in [3.63, 3.8) is 0 Å². The number of ether oxygens (including phenoxy) is 2. The van der Waals surface area contributed by atoms with Gasteiger partial charge in [-0.05, 0) is 57.0 Å². The molecule has 0 bridgehead atoms. The van der Waals surface area contributed by atoms with Crippen LogP contribution in [-0.2, 0) is 20.8 Å². The Labute approximate surface area is 218 Å². The molecule has 204 valence electrons. The number of rotatable bonds is 8. The highest BCUT2D eigenvalue weighted by Gasteiger charge is 2.38. The molecule has 2 aromatic carbocycles. The number of sulfone groups is 1. The van der Waals surface area contributed by atoms with Gasteiger partial charge in [0.05, 0.1) is 30.8 Å². The Morgan fingerprint density at radius 1 is 1.18 bits per heavy atom. The zero-order valence-electron chi connectivity index (χ0n) is 21.1. The first-order valence-corrected chi connectivity index (χ1v) is 12.8. The molecule has 0 N–H and O–H groups in total. The molecule has 0 aromatic heterocycles. The summed E-state index contributed by atoms with van der Waals surface area (Å²) in [6.07, 6.45) is -3.34. The maximum atomic E-state index is 13.8. The first-order valence-electron chi connectivity index (χ1n) is 11.2. The molecule has 0 spiro atoms. The van der Waals surface area contributed by atoms with Crippen molar-refractivity contribution >= 4 is 28.0 Å². The minimum absolute atomic E-state index is 0.142. The average molecular weight is 555 g/mol. The third-order valence-electron chi connectivity index (χ3n) is 6.11. The summed E-state index contributed by atoms with van der Waals surface area (Å²) in [4.78, 5) is 17.7. The Kier molecular flexibility index (Phi) is 8.47. The summed E-state index contributed by atoms with van der Waals surface area (Å²) in [6, 6.07) is 5.80. The number of carbonyl (C=O) groups is 1. The maximum Gasteiger partial charge on any atom is 0.416 e. The van der Waals surface area contributed by atoms with Gasteiger partial charge in [0, 0.05) is 41.2 Å². The van der Waals surface area contributed by atoms with Crippen molar-refractivity contribution in [2.24, 2.45) is 4.99 Å². The molecule has 38 heavy (non-hydrogen) atoms. The van der Waals surface area contributed by atoms with Crippen LogP contribution in [0.4, 0.5) is 17.6 Å². The van der Waals surface area contributed by atoms with E-state index in [2.05, 4.69) is 11.7 Å². The Hall–Kier alpha value is -3.51. The summed E-state index contributed by atoms with van der Waals surface area (Å²) in [5.74, 6) is -1.32. The first kappa shape index (κ1) is 29.1. The van der Waals surface area contributed by atoms with Crippen molar-refractivity contribution in [3.8, 4) is 5.75 Å². The number of hydrogen-bond acceptors (Lipinski definition) is 6. The molecule has 0 radical (unpaired) electrons. The molecule has 0 unspecified atom stereocenters. The fourth-order valence-electron chi connectivity index (χ4n) is 3.68. The van der Waals surface area contributed by atoms with Crippen molar-refractivity contribution < 1.29 is 40.2 Å². The number of halogens is 4. The second-order valence-electron chi connectivity index (χ2n) is 8.60. The van der Waals surface area contributed by atoms with Gasteiger partial charge in [0.15, 0.2) is 9.84 Å². The lowest BCUT2D eigenvalue weighted by Gasteiger charge is -2.26. The van der Waals surface area contributed by atoms with Gasteiger partial charge in [-0.3, -0.25) is 9.79 Å². The van der Waals surface area contributed by atoms with E-state index in [1.54, 1.807) is 13.0 Å². The number of amides is 1. The molecule has 1 aliphatic heterocycles. The largest absolute Gasteiger partial charge is 0.496 e. The van der Waals surface area contributed by atoms with Crippen LogP contribution < -0.4 is 4.74 Å². The summed E-state index contributed by atoms with van der Waals surface area (Å²) in [7, 11) is -1.51. The van der Waals surface area contributed by atoms with Crippen LogP contribution in [0.1, 0.15) is 35.3 Å². The van der Waals surface area contributed by atoms with Gasteiger partial charge in [-0.25, -0.2) is 12.8 Å². The predicted molar refractivity (Wildman–Crippen MR) is 134 cm³/mol. The number of alkyl halides is 3. The van der Waals surface area contributed by atoms with E-state index in [0.717, 1.165) is 17.0 Å².